The highest BCUT2D eigenvalue weighted by Crippen LogP contribution is 2.30. The van der Waals surface area contributed by atoms with E-state index < -0.39 is 4.92 Å². The number of ether oxygens (including phenoxy) is 2. The first-order valence-electron chi connectivity index (χ1n) is 19.5. The average molecular weight is 805 g/mol. The van der Waals surface area contributed by atoms with Crippen molar-refractivity contribution < 1.29 is 14.4 Å². The summed E-state index contributed by atoms with van der Waals surface area (Å²) in [5, 5.41) is 26.3. The number of nitro groups is 1. The first-order chi connectivity index (χ1) is 28.3. The summed E-state index contributed by atoms with van der Waals surface area (Å²) in [5.41, 5.74) is 7.63. The molecule has 0 radical (unpaired) electrons. The molecule has 59 heavy (non-hydrogen) atoms. The molecular weight excluding hydrogens is 753 g/mol. The summed E-state index contributed by atoms with van der Waals surface area (Å²) >= 11 is 0. The van der Waals surface area contributed by atoms with Gasteiger partial charge in [-0.3, -0.25) is 10.1 Å². The maximum absolute atomic E-state index is 10.7. The Bertz CT molecular complexity index is 2270. The summed E-state index contributed by atoms with van der Waals surface area (Å²) in [6.45, 7) is 1.63. The van der Waals surface area contributed by atoms with E-state index in [0.29, 0.717) is 53.3 Å². The lowest BCUT2D eigenvalue weighted by Gasteiger charge is -2.29. The van der Waals surface area contributed by atoms with Gasteiger partial charge in [-0.1, -0.05) is 7.43 Å². The number of rotatable bonds is 13. The predicted octanol–water partition coefficient (Wildman–Crippen LogP) is 7.15. The van der Waals surface area contributed by atoms with Crippen LogP contribution in [0.15, 0.2) is 73.6 Å². The monoisotopic (exact) mass is 804 g/mol. The SMILES string of the molecule is C.COc1nccc2ccc(NC3CCC(CNc4ncc(N)cn4)CC3)nc12.COc1nccc2ccc(NC3CCC(CNc4ncc([N+](=O)[O-])cn4)CC3)nc12. The Morgan fingerprint density at radius 2 is 1.07 bits per heavy atom. The van der Waals surface area contributed by atoms with Crippen molar-refractivity contribution in [3.63, 3.8) is 0 Å². The first-order valence-corrected chi connectivity index (χ1v) is 19.5. The molecule has 0 amide bonds. The number of nitrogens with two attached hydrogens (primary N) is 1. The summed E-state index contributed by atoms with van der Waals surface area (Å²) in [7, 11) is 3.22. The maximum Gasteiger partial charge on any atom is 0.305 e. The van der Waals surface area contributed by atoms with Crippen molar-refractivity contribution in [2.45, 2.75) is 70.9 Å². The van der Waals surface area contributed by atoms with E-state index in [9.17, 15) is 10.1 Å². The Kier molecular flexibility index (Phi) is 14.3. The Balaban J connectivity index is 0.000000195. The van der Waals surface area contributed by atoms with Crippen molar-refractivity contribution in [3.05, 3.63) is 83.7 Å². The van der Waals surface area contributed by atoms with Crippen molar-refractivity contribution in [2.75, 3.05) is 54.3 Å². The third-order valence-electron chi connectivity index (χ3n) is 10.6. The van der Waals surface area contributed by atoms with Crippen LogP contribution >= 0.6 is 0 Å². The lowest BCUT2D eigenvalue weighted by molar-refractivity contribution is -0.385. The van der Waals surface area contributed by atoms with Crippen LogP contribution in [0.4, 0.5) is 34.9 Å². The van der Waals surface area contributed by atoms with Crippen molar-refractivity contribution in [1.29, 1.82) is 0 Å². The van der Waals surface area contributed by atoms with Gasteiger partial charge in [0.1, 0.15) is 35.1 Å². The second-order valence-corrected chi connectivity index (χ2v) is 14.5. The van der Waals surface area contributed by atoms with Crippen LogP contribution in [0.1, 0.15) is 58.8 Å². The topological polar surface area (TPSA) is 239 Å². The van der Waals surface area contributed by atoms with Crippen LogP contribution in [0.3, 0.4) is 0 Å². The van der Waals surface area contributed by atoms with Gasteiger partial charge in [0, 0.05) is 48.3 Å². The number of hydrogen-bond donors (Lipinski definition) is 5. The zero-order chi connectivity index (χ0) is 40.3. The van der Waals surface area contributed by atoms with Crippen LogP contribution in [0.5, 0.6) is 11.8 Å². The summed E-state index contributed by atoms with van der Waals surface area (Å²) in [6.07, 6.45) is 17.9. The molecule has 310 valence electrons. The number of pyridine rings is 4. The molecule has 2 aliphatic carbocycles. The van der Waals surface area contributed by atoms with Gasteiger partial charge in [-0.15, -0.1) is 0 Å². The molecule has 18 heteroatoms. The zero-order valence-electron chi connectivity index (χ0n) is 32.5. The second kappa shape index (κ2) is 20.1. The third-order valence-corrected chi connectivity index (χ3v) is 10.6. The van der Waals surface area contributed by atoms with Crippen LogP contribution in [0, 0.1) is 22.0 Å². The Morgan fingerprint density at radius 1 is 0.644 bits per heavy atom. The summed E-state index contributed by atoms with van der Waals surface area (Å²) in [4.78, 5) is 44.4. The molecule has 0 aromatic carbocycles. The number of fused-ring (bicyclic) bond motifs is 2. The van der Waals surface area contributed by atoms with Crippen LogP contribution in [-0.4, -0.2) is 84.2 Å². The molecule has 0 unspecified atom stereocenters. The van der Waals surface area contributed by atoms with Gasteiger partial charge in [0.05, 0.1) is 37.2 Å². The van der Waals surface area contributed by atoms with E-state index in [2.05, 4.69) is 62.2 Å². The third kappa shape index (κ3) is 11.2. The number of hydrogen-bond acceptors (Lipinski definition) is 17. The van der Waals surface area contributed by atoms with Crippen molar-refractivity contribution in [2.24, 2.45) is 11.8 Å². The first kappa shape index (κ1) is 41.9. The van der Waals surface area contributed by atoms with E-state index in [1.165, 1.54) is 12.4 Å². The van der Waals surface area contributed by atoms with Gasteiger partial charge >= 0.3 is 5.69 Å². The molecule has 0 saturated heterocycles. The molecule has 6 N–H and O–H groups in total. The van der Waals surface area contributed by atoms with Gasteiger partial charge in [0.25, 0.3) is 0 Å². The van der Waals surface area contributed by atoms with E-state index >= 15 is 0 Å². The van der Waals surface area contributed by atoms with Gasteiger partial charge in [-0.05, 0) is 99.6 Å². The fourth-order valence-electron chi connectivity index (χ4n) is 7.35. The van der Waals surface area contributed by atoms with Crippen LogP contribution < -0.4 is 36.5 Å². The molecule has 0 atom stereocenters. The minimum absolute atomic E-state index is 0. The Hall–Kier alpha value is -6.72. The van der Waals surface area contributed by atoms with E-state index in [0.717, 1.165) is 97.9 Å². The summed E-state index contributed by atoms with van der Waals surface area (Å²) < 4.78 is 10.6. The van der Waals surface area contributed by atoms with E-state index in [1.807, 2.05) is 30.3 Å². The largest absolute Gasteiger partial charge is 0.479 e. The number of aromatic nitrogens is 8. The molecule has 0 spiro atoms. The Labute approximate surface area is 342 Å². The molecular formula is C41H52N14O4. The highest BCUT2D eigenvalue weighted by molar-refractivity contribution is 5.85. The highest BCUT2D eigenvalue weighted by atomic mass is 16.6. The lowest BCUT2D eigenvalue weighted by Crippen LogP contribution is -2.29. The van der Waals surface area contributed by atoms with Crippen LogP contribution in [0.2, 0.25) is 0 Å². The molecule has 8 rings (SSSR count). The molecule has 0 bridgehead atoms. The summed E-state index contributed by atoms with van der Waals surface area (Å²) in [5.74, 6) is 4.97. The number of nitrogens with one attached hydrogen (secondary N) is 4. The maximum atomic E-state index is 10.7. The number of methoxy groups -OCH3 is 2. The van der Waals surface area contributed by atoms with E-state index in [-0.39, 0.29) is 13.1 Å². The van der Waals surface area contributed by atoms with Gasteiger partial charge in [0.15, 0.2) is 0 Å². The standard InChI is InChI=1S/C20H23N7O3.C20H25N7O.CH4/c1-30-19-18-14(8-9-21-19)4-7-17(26-18)25-15-5-2-13(3-6-15)10-22-20-23-11-16(12-24-20)27(28)29;1-28-19-18-14(8-9-22-19)4-7-17(27-18)26-16-5-2-13(3-6-16)10-23-20-24-11-15(21)12-25-20;/h4,7-9,11-13,15H,2-3,5-6,10H2,1H3,(H,25,26)(H,22,23,24);4,7-9,11-13,16H,2-3,5-6,10,21H2,1H3,(H,26,27)(H,23,24,25);1H4. The van der Waals surface area contributed by atoms with E-state index in [4.69, 9.17) is 20.2 Å². The number of nitrogens with zero attached hydrogens (tertiary/aromatic N) is 9. The highest BCUT2D eigenvalue weighted by Gasteiger charge is 2.23. The van der Waals surface area contributed by atoms with Gasteiger partial charge in [0.2, 0.25) is 23.7 Å². The predicted molar refractivity (Wildman–Crippen MR) is 230 cm³/mol. The minimum Gasteiger partial charge on any atom is -0.479 e. The van der Waals surface area contributed by atoms with Gasteiger partial charge in [-0.2, -0.15) is 0 Å². The molecule has 6 aromatic rings. The minimum atomic E-state index is -0.505. The fraction of sp³-hybridized carbons (Fsp3) is 0.415. The quantitative estimate of drug-likeness (QED) is 0.0575. The molecule has 2 saturated carbocycles. The van der Waals surface area contributed by atoms with E-state index in [1.54, 1.807) is 39.0 Å². The van der Waals surface area contributed by atoms with Crippen molar-refractivity contribution >= 4 is 56.7 Å². The zero-order valence-corrected chi connectivity index (χ0v) is 32.5. The molecule has 2 fully saturated rings. The summed E-state index contributed by atoms with van der Waals surface area (Å²) in [6, 6.07) is 12.7. The Morgan fingerprint density at radius 3 is 1.47 bits per heavy atom. The molecule has 6 heterocycles. The van der Waals surface area contributed by atoms with Crippen LogP contribution in [0.25, 0.3) is 21.8 Å². The number of anilines is 5. The van der Waals surface area contributed by atoms with Gasteiger partial charge in [-0.25, -0.2) is 39.9 Å². The molecule has 6 aromatic heterocycles. The van der Waals surface area contributed by atoms with Crippen molar-refractivity contribution in [1.82, 2.24) is 39.9 Å². The smallest absolute Gasteiger partial charge is 0.305 e. The normalized spacial score (nSPS) is 18.7. The average Bonchev–Trinajstić information content (AvgIpc) is 3.26. The van der Waals surface area contributed by atoms with Crippen molar-refractivity contribution in [3.8, 4) is 11.8 Å². The van der Waals surface area contributed by atoms with Crippen LogP contribution in [-0.2, 0) is 0 Å². The number of nitrogen functional groups attached to an aromatic ring is 1. The molecule has 0 aliphatic heterocycles. The molecule has 2 aliphatic rings. The second-order valence-electron chi connectivity index (χ2n) is 14.5. The van der Waals surface area contributed by atoms with Gasteiger partial charge < -0.3 is 36.5 Å². The lowest BCUT2D eigenvalue weighted by atomic mass is 9.86. The fourth-order valence-corrected chi connectivity index (χ4v) is 7.35. The molecule has 18 nitrogen and oxygen atoms in total.